The molecule has 6 nitrogen and oxygen atoms in total. The molecule has 134 valence electrons. The second-order valence-corrected chi connectivity index (χ2v) is 5.53. The van der Waals surface area contributed by atoms with Gasteiger partial charge in [0.15, 0.2) is 5.96 Å². The zero-order valence-electron chi connectivity index (χ0n) is 15.1. The highest BCUT2D eigenvalue weighted by Crippen LogP contribution is 2.19. The van der Waals surface area contributed by atoms with Crippen molar-refractivity contribution in [2.24, 2.45) is 4.99 Å². The lowest BCUT2D eigenvalue weighted by Gasteiger charge is -2.14. The predicted molar refractivity (Wildman–Crippen MR) is 101 cm³/mol. The number of guanidine groups is 1. The summed E-state index contributed by atoms with van der Waals surface area (Å²) in [7, 11) is 3.45. The molecule has 0 saturated carbocycles. The van der Waals surface area contributed by atoms with Crippen molar-refractivity contribution in [3.05, 3.63) is 53.9 Å². The molecule has 0 bridgehead atoms. The first-order valence-corrected chi connectivity index (χ1v) is 8.34. The van der Waals surface area contributed by atoms with Crippen LogP contribution in [0.5, 0.6) is 11.5 Å². The number of nitrogens with zero attached hydrogens (tertiary/aromatic N) is 2. The van der Waals surface area contributed by atoms with Crippen molar-refractivity contribution in [3.63, 3.8) is 0 Å². The van der Waals surface area contributed by atoms with Crippen LogP contribution >= 0.6 is 0 Å². The SMILES string of the molecule is CN=C(NCCOc1cccnc1)NCCc1cc(C)ccc1OC. The molecular weight excluding hydrogens is 316 g/mol. The van der Waals surface area contributed by atoms with Gasteiger partial charge in [0.1, 0.15) is 18.1 Å². The summed E-state index contributed by atoms with van der Waals surface area (Å²) < 4.78 is 11.0. The van der Waals surface area contributed by atoms with Crippen molar-refractivity contribution in [1.29, 1.82) is 0 Å². The predicted octanol–water partition coefficient (Wildman–Crippen LogP) is 2.19. The van der Waals surface area contributed by atoms with Crippen LogP contribution in [0.25, 0.3) is 0 Å². The van der Waals surface area contributed by atoms with Crippen molar-refractivity contribution >= 4 is 5.96 Å². The highest BCUT2D eigenvalue weighted by atomic mass is 16.5. The summed E-state index contributed by atoms with van der Waals surface area (Å²) in [5.74, 6) is 2.43. The first-order valence-electron chi connectivity index (χ1n) is 8.34. The largest absolute Gasteiger partial charge is 0.496 e. The van der Waals surface area contributed by atoms with Gasteiger partial charge in [-0.25, -0.2) is 0 Å². The van der Waals surface area contributed by atoms with Crippen molar-refractivity contribution in [2.75, 3.05) is 33.9 Å². The lowest BCUT2D eigenvalue weighted by Crippen LogP contribution is -2.40. The van der Waals surface area contributed by atoms with Gasteiger partial charge in [0, 0.05) is 19.8 Å². The minimum atomic E-state index is 0.540. The van der Waals surface area contributed by atoms with E-state index in [0.717, 1.165) is 30.4 Å². The van der Waals surface area contributed by atoms with Crippen molar-refractivity contribution in [2.45, 2.75) is 13.3 Å². The van der Waals surface area contributed by atoms with E-state index in [1.807, 2.05) is 18.2 Å². The number of methoxy groups -OCH3 is 1. The minimum Gasteiger partial charge on any atom is -0.496 e. The molecule has 2 aromatic rings. The topological polar surface area (TPSA) is 67.8 Å². The summed E-state index contributed by atoms with van der Waals surface area (Å²) in [5.41, 5.74) is 2.41. The van der Waals surface area contributed by atoms with Gasteiger partial charge in [-0.05, 0) is 37.1 Å². The number of ether oxygens (including phenoxy) is 2. The number of pyridine rings is 1. The molecule has 1 heterocycles. The molecule has 25 heavy (non-hydrogen) atoms. The summed E-state index contributed by atoms with van der Waals surface area (Å²) in [6, 6.07) is 9.95. The molecule has 2 rings (SSSR count). The number of benzene rings is 1. The molecule has 6 heteroatoms. The van der Waals surface area contributed by atoms with Crippen LogP contribution in [0, 0.1) is 6.92 Å². The van der Waals surface area contributed by atoms with E-state index in [4.69, 9.17) is 9.47 Å². The van der Waals surface area contributed by atoms with Gasteiger partial charge in [-0.2, -0.15) is 0 Å². The van der Waals surface area contributed by atoms with Crippen LogP contribution in [0.2, 0.25) is 0 Å². The van der Waals surface area contributed by atoms with E-state index >= 15 is 0 Å². The Labute approximate surface area is 149 Å². The Morgan fingerprint density at radius 2 is 2.04 bits per heavy atom. The average Bonchev–Trinajstić information content (AvgIpc) is 2.64. The maximum Gasteiger partial charge on any atom is 0.191 e. The van der Waals surface area contributed by atoms with Crippen LogP contribution in [0.3, 0.4) is 0 Å². The molecule has 0 aliphatic heterocycles. The summed E-state index contributed by atoms with van der Waals surface area (Å²) in [4.78, 5) is 8.23. The monoisotopic (exact) mass is 342 g/mol. The van der Waals surface area contributed by atoms with Gasteiger partial charge in [-0.15, -0.1) is 0 Å². The fourth-order valence-electron chi connectivity index (χ4n) is 2.41. The Bertz CT molecular complexity index is 674. The second kappa shape index (κ2) is 10.2. The summed E-state index contributed by atoms with van der Waals surface area (Å²) in [6.45, 7) is 4.04. The van der Waals surface area contributed by atoms with Gasteiger partial charge < -0.3 is 20.1 Å². The zero-order chi connectivity index (χ0) is 17.9. The van der Waals surface area contributed by atoms with E-state index in [1.165, 1.54) is 11.1 Å². The molecule has 1 aromatic heterocycles. The standard InChI is InChI=1S/C19H26N4O2/c1-15-6-7-18(24-3)16(13-15)8-10-22-19(20-2)23-11-12-25-17-5-4-9-21-14-17/h4-7,9,13-14H,8,10-12H2,1-3H3,(H2,20,22,23). The van der Waals surface area contributed by atoms with E-state index in [2.05, 4.69) is 39.7 Å². The third-order valence-corrected chi connectivity index (χ3v) is 3.64. The summed E-state index contributed by atoms with van der Waals surface area (Å²) in [5, 5.41) is 6.53. The lowest BCUT2D eigenvalue weighted by atomic mass is 10.1. The first kappa shape index (κ1) is 18.6. The molecule has 0 atom stereocenters. The van der Waals surface area contributed by atoms with Crippen LogP contribution < -0.4 is 20.1 Å². The maximum atomic E-state index is 5.59. The highest BCUT2D eigenvalue weighted by Gasteiger charge is 2.04. The van der Waals surface area contributed by atoms with Gasteiger partial charge in [0.25, 0.3) is 0 Å². The maximum absolute atomic E-state index is 5.59. The number of aryl methyl sites for hydroxylation is 1. The first-order chi connectivity index (χ1) is 12.2. The van der Waals surface area contributed by atoms with Crippen LogP contribution in [0.15, 0.2) is 47.7 Å². The quantitative estimate of drug-likeness (QED) is 0.437. The molecular formula is C19H26N4O2. The minimum absolute atomic E-state index is 0.540. The molecule has 0 unspecified atom stereocenters. The zero-order valence-corrected chi connectivity index (χ0v) is 15.1. The molecule has 1 aromatic carbocycles. The van der Waals surface area contributed by atoms with Crippen LogP contribution in [-0.4, -0.2) is 44.8 Å². The van der Waals surface area contributed by atoms with E-state index in [1.54, 1.807) is 26.6 Å². The van der Waals surface area contributed by atoms with E-state index in [-0.39, 0.29) is 0 Å². The molecule has 0 saturated heterocycles. The third kappa shape index (κ3) is 6.33. The van der Waals surface area contributed by atoms with Gasteiger partial charge >= 0.3 is 0 Å². The summed E-state index contributed by atoms with van der Waals surface area (Å²) in [6.07, 6.45) is 4.28. The molecule has 0 spiro atoms. The van der Waals surface area contributed by atoms with Gasteiger partial charge in [0.2, 0.25) is 0 Å². The lowest BCUT2D eigenvalue weighted by molar-refractivity contribution is 0.320. The molecule has 2 N–H and O–H groups in total. The number of hydrogen-bond acceptors (Lipinski definition) is 4. The molecule has 0 radical (unpaired) electrons. The number of aliphatic imine (C=N–C) groups is 1. The van der Waals surface area contributed by atoms with Crippen molar-refractivity contribution in [1.82, 2.24) is 15.6 Å². The van der Waals surface area contributed by atoms with Crippen molar-refractivity contribution < 1.29 is 9.47 Å². The summed E-state index contributed by atoms with van der Waals surface area (Å²) >= 11 is 0. The molecule has 0 aliphatic rings. The van der Waals surface area contributed by atoms with Gasteiger partial charge in [0.05, 0.1) is 19.9 Å². The Morgan fingerprint density at radius 1 is 1.20 bits per heavy atom. The van der Waals surface area contributed by atoms with Gasteiger partial charge in [-0.3, -0.25) is 9.98 Å². The Hall–Kier alpha value is -2.76. The molecule has 0 amide bonds. The molecule has 0 fully saturated rings. The van der Waals surface area contributed by atoms with E-state index in [9.17, 15) is 0 Å². The van der Waals surface area contributed by atoms with Crippen LogP contribution in [0.4, 0.5) is 0 Å². The van der Waals surface area contributed by atoms with Crippen LogP contribution in [-0.2, 0) is 6.42 Å². The highest BCUT2D eigenvalue weighted by molar-refractivity contribution is 5.79. The second-order valence-electron chi connectivity index (χ2n) is 5.53. The van der Waals surface area contributed by atoms with Crippen LogP contribution in [0.1, 0.15) is 11.1 Å². The van der Waals surface area contributed by atoms with E-state index < -0.39 is 0 Å². The normalized spacial score (nSPS) is 11.1. The number of nitrogens with one attached hydrogen (secondary N) is 2. The van der Waals surface area contributed by atoms with Crippen molar-refractivity contribution in [3.8, 4) is 11.5 Å². The average molecular weight is 342 g/mol. The Balaban J connectivity index is 1.71. The fourth-order valence-corrected chi connectivity index (χ4v) is 2.41. The fraction of sp³-hybridized carbons (Fsp3) is 0.368. The Kier molecular flexibility index (Phi) is 7.56. The smallest absolute Gasteiger partial charge is 0.191 e. The van der Waals surface area contributed by atoms with Gasteiger partial charge in [-0.1, -0.05) is 17.7 Å². The number of hydrogen-bond donors (Lipinski definition) is 2. The third-order valence-electron chi connectivity index (χ3n) is 3.64. The molecule has 0 aliphatic carbocycles. The number of rotatable bonds is 8. The number of aromatic nitrogens is 1. The van der Waals surface area contributed by atoms with E-state index in [0.29, 0.717) is 13.2 Å². The Morgan fingerprint density at radius 3 is 2.76 bits per heavy atom.